The van der Waals surface area contributed by atoms with Crippen LogP contribution in [0.1, 0.15) is 62.0 Å². The number of nitrogens with zero attached hydrogens (tertiary/aromatic N) is 1. The van der Waals surface area contributed by atoms with E-state index in [0.717, 1.165) is 28.3 Å². The molecule has 0 saturated carbocycles. The molecule has 0 radical (unpaired) electrons. The minimum absolute atomic E-state index is 0.0276. The van der Waals surface area contributed by atoms with Crippen molar-refractivity contribution in [2.24, 2.45) is 4.99 Å². The minimum atomic E-state index is -0.139. The van der Waals surface area contributed by atoms with Crippen molar-refractivity contribution in [3.63, 3.8) is 0 Å². The second kappa shape index (κ2) is 12.5. The zero-order chi connectivity index (χ0) is 26.5. The van der Waals surface area contributed by atoms with Crippen LogP contribution in [0.4, 0.5) is 0 Å². The van der Waals surface area contributed by atoms with E-state index >= 15 is 0 Å². The number of ether oxygens (including phenoxy) is 1. The normalized spacial score (nSPS) is 17.0. The summed E-state index contributed by atoms with van der Waals surface area (Å²) in [5.74, 6) is 8.59. The second-order valence-corrected chi connectivity index (χ2v) is 15.1. The lowest BCUT2D eigenvalue weighted by atomic mass is 9.86. The summed E-state index contributed by atoms with van der Waals surface area (Å²) in [4.78, 5) is 5.12. The summed E-state index contributed by atoms with van der Waals surface area (Å²) >= 11 is 12.1. The van der Waals surface area contributed by atoms with Gasteiger partial charge in [0.25, 0.3) is 14.1 Å². The number of amidine groups is 1. The number of rotatable bonds is 5. The van der Waals surface area contributed by atoms with Gasteiger partial charge in [-0.3, -0.25) is 4.99 Å². The van der Waals surface area contributed by atoms with E-state index in [1.165, 1.54) is 5.56 Å². The highest BCUT2D eigenvalue weighted by atomic mass is 35.5. The van der Waals surface area contributed by atoms with Gasteiger partial charge in [-0.1, -0.05) is 74.3 Å². The molecule has 0 fully saturated rings. The zero-order valence-electron chi connectivity index (χ0n) is 22.4. The Morgan fingerprint density at radius 3 is 1.89 bits per heavy atom. The molecule has 4 rings (SSSR count). The highest BCUT2D eigenvalue weighted by Gasteiger charge is 2.33. The van der Waals surface area contributed by atoms with Crippen LogP contribution in [0.15, 0.2) is 71.7 Å². The Balaban J connectivity index is 0.000000840. The van der Waals surface area contributed by atoms with Crippen LogP contribution in [0, 0.1) is 0 Å². The molecule has 0 amide bonds. The second-order valence-electron chi connectivity index (χ2n) is 10.8. The Morgan fingerprint density at radius 2 is 1.39 bits per heavy atom. The lowest BCUT2D eigenvalue weighted by molar-refractivity contribution is 0.338. The van der Waals surface area contributed by atoms with E-state index in [-0.39, 0.29) is 31.6 Å². The molecule has 2 unspecified atom stereocenters. The summed E-state index contributed by atoms with van der Waals surface area (Å²) in [7, 11) is 0. The molecule has 3 aromatic rings. The summed E-state index contributed by atoms with van der Waals surface area (Å²) < 4.78 is 6.04. The van der Waals surface area contributed by atoms with Gasteiger partial charge in [-0.2, -0.15) is 0 Å². The highest BCUT2D eigenvalue weighted by Crippen LogP contribution is 2.39. The van der Waals surface area contributed by atoms with Crippen molar-refractivity contribution in [3.05, 3.63) is 99.0 Å². The third kappa shape index (κ3) is 7.53. The van der Waals surface area contributed by atoms with Crippen molar-refractivity contribution in [3.8, 4) is 5.75 Å². The Hall–Kier alpha value is -1.96. The van der Waals surface area contributed by atoms with Crippen molar-refractivity contribution in [1.82, 2.24) is 5.32 Å². The van der Waals surface area contributed by atoms with Crippen LogP contribution < -0.4 is 10.1 Å². The Bertz CT molecular complexity index is 1170. The number of benzene rings is 3. The van der Waals surface area contributed by atoms with Crippen LogP contribution in [-0.2, 0) is 5.41 Å². The van der Waals surface area contributed by atoms with Crippen LogP contribution in [0.2, 0.25) is 27.4 Å². The Labute approximate surface area is 231 Å². The highest BCUT2D eigenvalue weighted by molar-refractivity contribution is 6.54. The standard InChI is InChI=1S/C27H28Cl2N2O.3CH3.Al/c1-5-32-23-16-19(27(2,3)4)10-15-22(23)26-30-24(17-6-11-20(28)12-7-17)25(31-26)18-8-13-21(29)14-9-18;;;;/h6-16,24-25H,5H2,1-4H3,(H,30,31);3*1H3;. The number of nitrogens with one attached hydrogen (secondary N) is 1. The number of hydrogen-bond acceptors (Lipinski definition) is 3. The van der Waals surface area contributed by atoms with Crippen molar-refractivity contribution < 1.29 is 4.74 Å². The summed E-state index contributed by atoms with van der Waals surface area (Å²) in [6, 6.07) is 22.1. The monoisotopic (exact) mass is 538 g/mol. The van der Waals surface area contributed by atoms with Gasteiger partial charge in [-0.15, -0.1) is 17.4 Å². The molecule has 1 N–H and O–H groups in total. The largest absolute Gasteiger partial charge is 0.493 e. The predicted molar refractivity (Wildman–Crippen MR) is 158 cm³/mol. The third-order valence-corrected chi connectivity index (χ3v) is 6.22. The molecular weight excluding hydrogens is 502 g/mol. The molecule has 0 aromatic heterocycles. The summed E-state index contributed by atoms with van der Waals surface area (Å²) in [6.07, 6.45) is 0. The van der Waals surface area contributed by atoms with Crippen molar-refractivity contribution >= 4 is 43.2 Å². The Morgan fingerprint density at radius 1 is 0.861 bits per heavy atom. The van der Waals surface area contributed by atoms with Crippen LogP contribution in [0.3, 0.4) is 0 Å². The average molecular weight is 540 g/mol. The molecule has 6 heteroatoms. The van der Waals surface area contributed by atoms with Crippen LogP contribution in [0.5, 0.6) is 5.75 Å². The van der Waals surface area contributed by atoms with Crippen LogP contribution >= 0.6 is 23.2 Å². The fourth-order valence-electron chi connectivity index (χ4n) is 3.95. The SMILES string of the molecule is CCOc1cc(C(C)(C)C)ccc1C1=NC(c2ccc(Cl)cc2)C(c2ccc(Cl)cc2)N1.[CH3][Al]([CH3])[CH3]. The quantitative estimate of drug-likeness (QED) is 0.329. The molecule has 3 nitrogen and oxygen atoms in total. The van der Waals surface area contributed by atoms with E-state index in [1.807, 2.05) is 55.5 Å². The van der Waals surface area contributed by atoms with Crippen molar-refractivity contribution in [2.45, 2.75) is 62.6 Å². The van der Waals surface area contributed by atoms with Gasteiger partial charge in [0.1, 0.15) is 17.6 Å². The van der Waals surface area contributed by atoms with Crippen LogP contribution in [-0.4, -0.2) is 26.6 Å². The Kier molecular flexibility index (Phi) is 9.96. The summed E-state index contributed by atoms with van der Waals surface area (Å²) in [5, 5.41) is 5.08. The number of halogens is 2. The predicted octanol–water partition coefficient (Wildman–Crippen LogP) is 8.89. The van der Waals surface area contributed by atoms with Gasteiger partial charge >= 0.3 is 0 Å². The van der Waals surface area contributed by atoms with Gasteiger partial charge < -0.3 is 10.1 Å². The first-order valence-electron chi connectivity index (χ1n) is 12.6. The van der Waals surface area contributed by atoms with Gasteiger partial charge in [0, 0.05) is 10.0 Å². The average Bonchev–Trinajstić information content (AvgIpc) is 3.24. The molecule has 1 heterocycles. The third-order valence-electron chi connectivity index (χ3n) is 5.72. The van der Waals surface area contributed by atoms with Gasteiger partial charge in [0.05, 0.1) is 18.2 Å². The smallest absolute Gasteiger partial charge is 0.251 e. The zero-order valence-corrected chi connectivity index (χ0v) is 25.1. The van der Waals surface area contributed by atoms with Gasteiger partial charge in [-0.05, 0) is 65.4 Å². The van der Waals surface area contributed by atoms with Gasteiger partial charge in [0.2, 0.25) is 0 Å². The molecule has 36 heavy (non-hydrogen) atoms. The van der Waals surface area contributed by atoms with Crippen molar-refractivity contribution in [2.75, 3.05) is 6.61 Å². The van der Waals surface area contributed by atoms with Gasteiger partial charge in [0.15, 0.2) is 0 Å². The summed E-state index contributed by atoms with van der Waals surface area (Å²) in [5.41, 5.74) is 4.45. The van der Waals surface area contributed by atoms with Gasteiger partial charge in [-0.25, -0.2) is 0 Å². The summed E-state index contributed by atoms with van der Waals surface area (Å²) in [6.45, 7) is 9.21. The molecule has 1 aliphatic rings. The maximum Gasteiger partial charge on any atom is 0.251 e. The minimum Gasteiger partial charge on any atom is -0.493 e. The van der Waals surface area contributed by atoms with E-state index in [9.17, 15) is 0 Å². The molecule has 0 aliphatic carbocycles. The van der Waals surface area contributed by atoms with E-state index < -0.39 is 0 Å². The molecule has 3 aromatic carbocycles. The first-order valence-corrected chi connectivity index (χ1v) is 16.8. The molecule has 2 atom stereocenters. The van der Waals surface area contributed by atoms with E-state index in [0.29, 0.717) is 16.7 Å². The number of aliphatic imine (C=N–C) groups is 1. The molecule has 190 valence electrons. The van der Waals surface area contributed by atoms with Crippen molar-refractivity contribution in [1.29, 1.82) is 0 Å². The first kappa shape index (κ1) is 28.6. The lowest BCUT2D eigenvalue weighted by Crippen LogP contribution is -2.25. The fourth-order valence-corrected chi connectivity index (χ4v) is 4.20. The molecule has 1 aliphatic heterocycles. The fraction of sp³-hybridized carbons (Fsp3) is 0.367. The first-order chi connectivity index (χ1) is 17.0. The van der Waals surface area contributed by atoms with E-state index in [1.54, 1.807) is 0 Å². The molecule has 0 saturated heterocycles. The number of hydrogen-bond donors (Lipinski definition) is 1. The maximum atomic E-state index is 6.14. The molecule has 0 spiro atoms. The molecule has 0 bridgehead atoms. The maximum absolute atomic E-state index is 6.14. The molecular formula is C30H37AlCl2N2O. The van der Waals surface area contributed by atoms with E-state index in [2.05, 4.69) is 61.6 Å². The van der Waals surface area contributed by atoms with E-state index in [4.69, 9.17) is 32.9 Å². The van der Waals surface area contributed by atoms with Crippen LogP contribution in [0.25, 0.3) is 0 Å². The topological polar surface area (TPSA) is 33.6 Å². The lowest BCUT2D eigenvalue weighted by Gasteiger charge is -2.22.